The second-order valence-electron chi connectivity index (χ2n) is 4.01. The van der Waals surface area contributed by atoms with Crippen molar-refractivity contribution < 1.29 is 4.74 Å². The van der Waals surface area contributed by atoms with Gasteiger partial charge in [-0.15, -0.1) is 0 Å². The molecule has 6 heteroatoms. The third-order valence-corrected chi connectivity index (χ3v) is 2.79. The van der Waals surface area contributed by atoms with Crippen molar-refractivity contribution in [1.82, 2.24) is 9.55 Å². The molecule has 0 saturated heterocycles. The fourth-order valence-corrected chi connectivity index (χ4v) is 1.80. The number of H-pyrrole nitrogens is 1. The van der Waals surface area contributed by atoms with E-state index >= 15 is 0 Å². The number of aromatic nitrogens is 2. The molecule has 19 heavy (non-hydrogen) atoms. The number of nitrogens with zero attached hydrogens (tertiary/aromatic N) is 1. The van der Waals surface area contributed by atoms with E-state index in [0.717, 1.165) is 11.3 Å². The van der Waals surface area contributed by atoms with Gasteiger partial charge in [0.25, 0.3) is 5.56 Å². The predicted octanol–water partition coefficient (Wildman–Crippen LogP) is 0.635. The molecule has 0 spiro atoms. The lowest BCUT2D eigenvalue weighted by molar-refractivity contribution is 0.414. The van der Waals surface area contributed by atoms with E-state index in [4.69, 9.17) is 4.74 Å². The molecule has 0 bridgehead atoms. The molecule has 0 radical (unpaired) electrons. The van der Waals surface area contributed by atoms with Gasteiger partial charge >= 0.3 is 5.69 Å². The Morgan fingerprint density at radius 3 is 2.53 bits per heavy atom. The molecule has 1 aromatic carbocycles. The molecule has 0 saturated carbocycles. The Kier molecular flexibility index (Phi) is 3.70. The number of hydrogen-bond acceptors (Lipinski definition) is 4. The van der Waals surface area contributed by atoms with Crippen molar-refractivity contribution in [3.63, 3.8) is 0 Å². The highest BCUT2D eigenvalue weighted by Gasteiger charge is 2.05. The van der Waals surface area contributed by atoms with Crippen LogP contribution >= 0.6 is 0 Å². The largest absolute Gasteiger partial charge is 0.497 e. The van der Waals surface area contributed by atoms with E-state index in [1.165, 1.54) is 10.6 Å². The van der Waals surface area contributed by atoms with Crippen LogP contribution in [0.15, 0.2) is 39.9 Å². The van der Waals surface area contributed by atoms with Crippen molar-refractivity contribution in [1.29, 1.82) is 0 Å². The zero-order valence-electron chi connectivity index (χ0n) is 10.8. The fourth-order valence-electron chi connectivity index (χ4n) is 1.80. The molecule has 2 rings (SSSR count). The first-order chi connectivity index (χ1) is 9.13. The van der Waals surface area contributed by atoms with Crippen molar-refractivity contribution in [3.05, 3.63) is 56.7 Å². The van der Waals surface area contributed by atoms with Gasteiger partial charge in [0.1, 0.15) is 11.6 Å². The van der Waals surface area contributed by atoms with E-state index in [1.54, 1.807) is 14.2 Å². The molecule has 0 aliphatic carbocycles. The normalized spacial score (nSPS) is 10.2. The molecule has 6 nitrogen and oxygen atoms in total. The highest BCUT2D eigenvalue weighted by Crippen LogP contribution is 2.12. The number of methoxy groups -OCH3 is 1. The summed E-state index contributed by atoms with van der Waals surface area (Å²) in [7, 11) is 3.26. The Balaban J connectivity index is 2.37. The minimum Gasteiger partial charge on any atom is -0.497 e. The van der Waals surface area contributed by atoms with Gasteiger partial charge in [-0.25, -0.2) is 4.79 Å². The number of hydrogen-bond donors (Lipinski definition) is 2. The monoisotopic (exact) mass is 261 g/mol. The molecule has 0 fully saturated rings. The second-order valence-corrected chi connectivity index (χ2v) is 4.01. The van der Waals surface area contributed by atoms with Crippen LogP contribution in [0.25, 0.3) is 0 Å². The Labute approximate surface area is 109 Å². The number of benzene rings is 1. The number of nitrogens with one attached hydrogen (secondary N) is 2. The van der Waals surface area contributed by atoms with Gasteiger partial charge in [0.15, 0.2) is 0 Å². The fraction of sp³-hybridized carbons (Fsp3) is 0.231. The van der Waals surface area contributed by atoms with Gasteiger partial charge in [-0.2, -0.15) is 0 Å². The lowest BCUT2D eigenvalue weighted by Gasteiger charge is -2.11. The van der Waals surface area contributed by atoms with Gasteiger partial charge in [-0.1, -0.05) is 12.1 Å². The summed E-state index contributed by atoms with van der Waals surface area (Å²) in [4.78, 5) is 25.3. The van der Waals surface area contributed by atoms with E-state index in [1.807, 2.05) is 24.3 Å². The molecular weight excluding hydrogens is 246 g/mol. The summed E-state index contributed by atoms with van der Waals surface area (Å²) in [6, 6.07) is 8.74. The first-order valence-corrected chi connectivity index (χ1v) is 5.79. The molecule has 100 valence electrons. The summed E-state index contributed by atoms with van der Waals surface area (Å²) in [6.45, 7) is 0.371. The van der Waals surface area contributed by atoms with Crippen LogP contribution < -0.4 is 21.3 Å². The summed E-state index contributed by atoms with van der Waals surface area (Å²) in [6.07, 6.45) is 0. The van der Waals surface area contributed by atoms with Crippen LogP contribution in [-0.4, -0.2) is 23.7 Å². The molecule has 0 aliphatic rings. The maximum absolute atomic E-state index is 11.8. The second kappa shape index (κ2) is 5.43. The minimum absolute atomic E-state index is 0.371. The third kappa shape index (κ3) is 2.85. The number of anilines is 1. The van der Waals surface area contributed by atoms with Gasteiger partial charge in [-0.05, 0) is 17.7 Å². The van der Waals surface area contributed by atoms with Crippen LogP contribution in [0.2, 0.25) is 0 Å². The quantitative estimate of drug-likeness (QED) is 0.846. The highest BCUT2D eigenvalue weighted by molar-refractivity contribution is 5.34. The highest BCUT2D eigenvalue weighted by atomic mass is 16.5. The first-order valence-electron chi connectivity index (χ1n) is 5.79. The van der Waals surface area contributed by atoms with E-state index in [0.29, 0.717) is 12.4 Å². The minimum atomic E-state index is -0.437. The lowest BCUT2D eigenvalue weighted by atomic mass is 10.2. The average Bonchev–Trinajstić information content (AvgIpc) is 2.42. The van der Waals surface area contributed by atoms with Gasteiger partial charge < -0.3 is 10.1 Å². The molecule has 0 unspecified atom stereocenters. The maximum atomic E-state index is 11.8. The standard InChI is InChI=1S/C13H15N3O3/c1-14-11-7-12(17)15-13(18)16(11)8-9-3-5-10(19-2)6-4-9/h3-7,14H,8H2,1-2H3,(H,15,17,18). The van der Waals surface area contributed by atoms with E-state index < -0.39 is 11.2 Å². The van der Waals surface area contributed by atoms with Crippen molar-refractivity contribution in [2.24, 2.45) is 0 Å². The number of aromatic amines is 1. The number of ether oxygens (including phenoxy) is 1. The van der Waals surface area contributed by atoms with Crippen LogP contribution in [0.1, 0.15) is 5.56 Å². The zero-order chi connectivity index (χ0) is 13.8. The molecule has 0 atom stereocenters. The Hall–Kier alpha value is -2.50. The molecular formula is C13H15N3O3. The van der Waals surface area contributed by atoms with Crippen molar-refractivity contribution >= 4 is 5.82 Å². The predicted molar refractivity (Wildman–Crippen MR) is 73.0 cm³/mol. The smallest absolute Gasteiger partial charge is 0.330 e. The van der Waals surface area contributed by atoms with Crippen LogP contribution in [0.4, 0.5) is 5.82 Å². The summed E-state index contributed by atoms with van der Waals surface area (Å²) < 4.78 is 6.54. The van der Waals surface area contributed by atoms with Gasteiger partial charge in [0.05, 0.1) is 13.7 Å². The lowest BCUT2D eigenvalue weighted by Crippen LogP contribution is -2.31. The summed E-state index contributed by atoms with van der Waals surface area (Å²) >= 11 is 0. The summed E-state index contributed by atoms with van der Waals surface area (Å²) in [5.74, 6) is 1.23. The average molecular weight is 261 g/mol. The number of rotatable bonds is 4. The van der Waals surface area contributed by atoms with Gasteiger partial charge in [-0.3, -0.25) is 14.3 Å². The molecule has 0 amide bonds. The summed E-state index contributed by atoms with van der Waals surface area (Å²) in [5, 5.41) is 2.84. The maximum Gasteiger partial charge on any atom is 0.330 e. The van der Waals surface area contributed by atoms with E-state index in [-0.39, 0.29) is 0 Å². The SMILES string of the molecule is CNc1cc(=O)[nH]c(=O)n1Cc1ccc(OC)cc1. The van der Waals surface area contributed by atoms with Crippen LogP contribution in [-0.2, 0) is 6.54 Å². The molecule has 0 aliphatic heterocycles. The van der Waals surface area contributed by atoms with Crippen LogP contribution in [0.5, 0.6) is 5.75 Å². The Morgan fingerprint density at radius 1 is 1.26 bits per heavy atom. The van der Waals surface area contributed by atoms with Crippen molar-refractivity contribution in [2.45, 2.75) is 6.54 Å². The summed E-state index contributed by atoms with van der Waals surface area (Å²) in [5.41, 5.74) is 0.0828. The topological polar surface area (TPSA) is 76.1 Å². The van der Waals surface area contributed by atoms with Gasteiger partial charge in [0.2, 0.25) is 0 Å². The van der Waals surface area contributed by atoms with Crippen LogP contribution in [0.3, 0.4) is 0 Å². The Bertz CT molecular complexity index is 671. The molecule has 1 aromatic heterocycles. The van der Waals surface area contributed by atoms with Crippen molar-refractivity contribution in [2.75, 3.05) is 19.5 Å². The van der Waals surface area contributed by atoms with E-state index in [9.17, 15) is 9.59 Å². The molecule has 2 aromatic rings. The zero-order valence-corrected chi connectivity index (χ0v) is 10.8. The van der Waals surface area contributed by atoms with Crippen LogP contribution in [0, 0.1) is 0 Å². The first kappa shape index (κ1) is 12.9. The Morgan fingerprint density at radius 2 is 1.95 bits per heavy atom. The third-order valence-electron chi connectivity index (χ3n) is 2.79. The van der Waals surface area contributed by atoms with E-state index in [2.05, 4.69) is 10.3 Å². The molecule has 2 N–H and O–H groups in total. The van der Waals surface area contributed by atoms with Gasteiger partial charge in [0, 0.05) is 13.1 Å². The molecule has 1 heterocycles. The van der Waals surface area contributed by atoms with Crippen molar-refractivity contribution in [3.8, 4) is 5.75 Å².